The van der Waals surface area contributed by atoms with Crippen LogP contribution < -0.4 is 11.1 Å². The highest BCUT2D eigenvalue weighted by Gasteiger charge is 2.02. The van der Waals surface area contributed by atoms with E-state index >= 15 is 0 Å². The lowest BCUT2D eigenvalue weighted by molar-refractivity contribution is -0.120. The monoisotopic (exact) mass is 278 g/mol. The Morgan fingerprint density at radius 3 is 2.58 bits per heavy atom. The van der Waals surface area contributed by atoms with Crippen LogP contribution in [-0.4, -0.2) is 19.0 Å². The fraction of sp³-hybridized carbons (Fsp3) is 0.267. The number of rotatable bonds is 5. The number of nitrogens with one attached hydrogen (secondary N) is 1. The summed E-state index contributed by atoms with van der Waals surface area (Å²) in [5.41, 5.74) is 6.52. The Kier molecular flexibility index (Phi) is 6.33. The molecule has 4 heteroatoms. The molecule has 2 aromatic carbocycles. The van der Waals surface area contributed by atoms with Crippen molar-refractivity contribution in [3.05, 3.63) is 48.0 Å². The maximum absolute atomic E-state index is 11.5. The van der Waals surface area contributed by atoms with Crippen molar-refractivity contribution in [1.82, 2.24) is 5.32 Å². The van der Waals surface area contributed by atoms with Crippen LogP contribution in [0.5, 0.6) is 0 Å². The highest BCUT2D eigenvalue weighted by molar-refractivity contribution is 5.85. The van der Waals surface area contributed by atoms with Gasteiger partial charge in [-0.25, -0.2) is 0 Å². The molecule has 0 aliphatic rings. The molecule has 2 rings (SSSR count). The second-order valence-electron chi connectivity index (χ2n) is 4.32. The minimum atomic E-state index is 0. The van der Waals surface area contributed by atoms with Crippen LogP contribution in [0.2, 0.25) is 0 Å². The van der Waals surface area contributed by atoms with Crippen LogP contribution in [-0.2, 0) is 11.2 Å². The Balaban J connectivity index is 0.00000180. The average molecular weight is 279 g/mol. The third-order valence-electron chi connectivity index (χ3n) is 2.92. The van der Waals surface area contributed by atoms with Crippen LogP contribution in [0.25, 0.3) is 10.8 Å². The minimum Gasteiger partial charge on any atom is -0.355 e. The molecule has 102 valence electrons. The van der Waals surface area contributed by atoms with E-state index in [4.69, 9.17) is 5.73 Å². The Labute approximate surface area is 119 Å². The van der Waals surface area contributed by atoms with Crippen molar-refractivity contribution in [2.75, 3.05) is 13.1 Å². The van der Waals surface area contributed by atoms with Crippen LogP contribution in [0.15, 0.2) is 42.5 Å². The summed E-state index contributed by atoms with van der Waals surface area (Å²) in [7, 11) is 0. The van der Waals surface area contributed by atoms with Crippen molar-refractivity contribution < 1.29 is 4.79 Å². The predicted octanol–water partition coefficient (Wildman–Crippen LogP) is 2.27. The van der Waals surface area contributed by atoms with Crippen molar-refractivity contribution in [3.63, 3.8) is 0 Å². The molecule has 0 aliphatic carbocycles. The summed E-state index contributed by atoms with van der Waals surface area (Å²) in [4.78, 5) is 11.5. The highest BCUT2D eigenvalue weighted by atomic mass is 35.5. The van der Waals surface area contributed by atoms with Crippen LogP contribution in [0, 0.1) is 0 Å². The maximum Gasteiger partial charge on any atom is 0.220 e. The average Bonchev–Trinajstić information content (AvgIpc) is 2.42. The predicted molar refractivity (Wildman–Crippen MR) is 81.6 cm³/mol. The Bertz CT molecular complexity index is 542. The number of benzene rings is 2. The van der Waals surface area contributed by atoms with Gasteiger partial charge in [0.15, 0.2) is 0 Å². The van der Waals surface area contributed by atoms with Gasteiger partial charge in [0.1, 0.15) is 0 Å². The summed E-state index contributed by atoms with van der Waals surface area (Å²) >= 11 is 0. The molecular formula is C15H19ClN2O. The summed E-state index contributed by atoms with van der Waals surface area (Å²) < 4.78 is 0. The van der Waals surface area contributed by atoms with E-state index in [2.05, 4.69) is 35.6 Å². The molecule has 0 saturated carbocycles. The van der Waals surface area contributed by atoms with Crippen molar-refractivity contribution in [1.29, 1.82) is 0 Å². The quantitative estimate of drug-likeness (QED) is 0.881. The number of fused-ring (bicyclic) bond motifs is 1. The second-order valence-corrected chi connectivity index (χ2v) is 4.32. The summed E-state index contributed by atoms with van der Waals surface area (Å²) in [6.07, 6.45) is 1.28. The van der Waals surface area contributed by atoms with Gasteiger partial charge in [0.05, 0.1) is 0 Å². The zero-order valence-electron chi connectivity index (χ0n) is 10.8. The van der Waals surface area contributed by atoms with Gasteiger partial charge in [-0.05, 0) is 22.8 Å². The first-order valence-electron chi connectivity index (χ1n) is 6.24. The Morgan fingerprint density at radius 1 is 1.11 bits per heavy atom. The normalized spacial score (nSPS) is 9.95. The summed E-state index contributed by atoms with van der Waals surface area (Å²) in [6, 6.07) is 14.6. The number of amides is 1. The van der Waals surface area contributed by atoms with E-state index in [1.54, 1.807) is 0 Å². The lowest BCUT2D eigenvalue weighted by atomic mass is 10.0. The molecule has 0 aromatic heterocycles. The van der Waals surface area contributed by atoms with Gasteiger partial charge in [-0.2, -0.15) is 0 Å². The third kappa shape index (κ3) is 4.54. The van der Waals surface area contributed by atoms with E-state index in [1.165, 1.54) is 16.3 Å². The highest BCUT2D eigenvalue weighted by Crippen LogP contribution is 2.16. The molecule has 3 nitrogen and oxygen atoms in total. The van der Waals surface area contributed by atoms with E-state index < -0.39 is 0 Å². The Morgan fingerprint density at radius 2 is 1.84 bits per heavy atom. The zero-order chi connectivity index (χ0) is 12.8. The van der Waals surface area contributed by atoms with Gasteiger partial charge in [0, 0.05) is 19.5 Å². The lowest BCUT2D eigenvalue weighted by Crippen LogP contribution is -2.29. The fourth-order valence-electron chi connectivity index (χ4n) is 1.95. The second kappa shape index (κ2) is 7.77. The molecule has 0 unspecified atom stereocenters. The smallest absolute Gasteiger partial charge is 0.220 e. The zero-order valence-corrected chi connectivity index (χ0v) is 11.6. The van der Waals surface area contributed by atoms with Crippen molar-refractivity contribution in [2.45, 2.75) is 12.8 Å². The molecule has 0 saturated heterocycles. The van der Waals surface area contributed by atoms with Gasteiger partial charge >= 0.3 is 0 Å². The molecule has 3 N–H and O–H groups in total. The van der Waals surface area contributed by atoms with E-state index in [-0.39, 0.29) is 18.3 Å². The van der Waals surface area contributed by atoms with Gasteiger partial charge in [-0.3, -0.25) is 4.79 Å². The van der Waals surface area contributed by atoms with Crippen LogP contribution in [0.3, 0.4) is 0 Å². The van der Waals surface area contributed by atoms with Crippen LogP contribution in [0.4, 0.5) is 0 Å². The number of carbonyl (C=O) groups excluding carboxylic acids is 1. The van der Waals surface area contributed by atoms with E-state index in [0.29, 0.717) is 19.5 Å². The van der Waals surface area contributed by atoms with Crippen molar-refractivity contribution in [3.8, 4) is 0 Å². The largest absolute Gasteiger partial charge is 0.355 e. The van der Waals surface area contributed by atoms with Gasteiger partial charge in [0.25, 0.3) is 0 Å². The minimum absolute atomic E-state index is 0. The molecule has 2 aromatic rings. The molecule has 19 heavy (non-hydrogen) atoms. The molecule has 1 amide bonds. The molecule has 0 heterocycles. The molecule has 0 radical (unpaired) electrons. The number of hydrogen-bond donors (Lipinski definition) is 2. The summed E-state index contributed by atoms with van der Waals surface area (Å²) in [5, 5.41) is 5.23. The number of hydrogen-bond acceptors (Lipinski definition) is 2. The molecule has 0 atom stereocenters. The van der Waals surface area contributed by atoms with Gasteiger partial charge in [-0.15, -0.1) is 12.4 Å². The van der Waals surface area contributed by atoms with E-state index in [1.807, 2.05) is 12.1 Å². The van der Waals surface area contributed by atoms with Gasteiger partial charge in [-0.1, -0.05) is 42.5 Å². The molecular weight excluding hydrogens is 260 g/mol. The Hall–Kier alpha value is -1.58. The molecule has 0 aliphatic heterocycles. The molecule has 0 bridgehead atoms. The van der Waals surface area contributed by atoms with Gasteiger partial charge in [0.2, 0.25) is 5.91 Å². The van der Waals surface area contributed by atoms with E-state index in [0.717, 1.165) is 6.42 Å². The SMILES string of the molecule is Cl.NCCNC(=O)CCc1ccc2ccccc2c1. The standard InChI is InChI=1S/C15H18N2O.ClH/c16-9-10-17-15(18)8-6-12-5-7-13-3-1-2-4-14(13)11-12;/h1-5,7,11H,6,8-10,16H2,(H,17,18);1H. The van der Waals surface area contributed by atoms with E-state index in [9.17, 15) is 4.79 Å². The van der Waals surface area contributed by atoms with Crippen LogP contribution >= 0.6 is 12.4 Å². The summed E-state index contributed by atoms with van der Waals surface area (Å²) in [5.74, 6) is 0.0635. The third-order valence-corrected chi connectivity index (χ3v) is 2.92. The number of nitrogens with two attached hydrogens (primary N) is 1. The number of carbonyl (C=O) groups is 1. The van der Waals surface area contributed by atoms with Gasteiger partial charge < -0.3 is 11.1 Å². The molecule has 0 fully saturated rings. The van der Waals surface area contributed by atoms with Crippen molar-refractivity contribution in [2.24, 2.45) is 5.73 Å². The maximum atomic E-state index is 11.5. The van der Waals surface area contributed by atoms with Crippen LogP contribution in [0.1, 0.15) is 12.0 Å². The lowest BCUT2D eigenvalue weighted by Gasteiger charge is -2.05. The van der Waals surface area contributed by atoms with Crippen molar-refractivity contribution >= 4 is 29.1 Å². The number of aryl methyl sites for hydroxylation is 1. The number of halogens is 1. The first-order chi connectivity index (χ1) is 8.79. The summed E-state index contributed by atoms with van der Waals surface area (Å²) in [6.45, 7) is 1.04. The fourth-order valence-corrected chi connectivity index (χ4v) is 1.95. The first kappa shape index (κ1) is 15.5. The topological polar surface area (TPSA) is 55.1 Å². The first-order valence-corrected chi connectivity index (χ1v) is 6.24. The molecule has 0 spiro atoms.